The summed E-state index contributed by atoms with van der Waals surface area (Å²) < 4.78 is 0. The van der Waals surface area contributed by atoms with Gasteiger partial charge in [-0.1, -0.05) is 84.4 Å². The van der Waals surface area contributed by atoms with Gasteiger partial charge < -0.3 is 10.6 Å². The highest BCUT2D eigenvalue weighted by Crippen LogP contribution is 2.28. The van der Waals surface area contributed by atoms with Crippen LogP contribution in [0.2, 0.25) is 5.02 Å². The molecular weight excluding hydrogens is 590 g/mol. The van der Waals surface area contributed by atoms with Crippen LogP contribution in [0.25, 0.3) is 6.08 Å². The number of thioether (sulfide) groups is 1. The molecule has 0 spiro atoms. The third-order valence-electron chi connectivity index (χ3n) is 6.44. The van der Waals surface area contributed by atoms with Crippen molar-refractivity contribution in [2.24, 2.45) is 0 Å². The Morgan fingerprint density at radius 2 is 1.30 bits per heavy atom. The zero-order chi connectivity index (χ0) is 30.7. The van der Waals surface area contributed by atoms with Crippen LogP contribution in [-0.2, 0) is 9.59 Å². The van der Waals surface area contributed by atoms with Gasteiger partial charge in [0.1, 0.15) is 5.70 Å². The van der Waals surface area contributed by atoms with Crippen molar-refractivity contribution < 1.29 is 14.4 Å². The van der Waals surface area contributed by atoms with E-state index in [1.165, 1.54) is 11.8 Å². The number of halogens is 1. The van der Waals surface area contributed by atoms with Crippen LogP contribution in [0.5, 0.6) is 0 Å². The Morgan fingerprint density at radius 3 is 1.91 bits per heavy atom. The third-order valence-corrected chi connectivity index (χ3v) is 7.67. The monoisotopic (exact) mass is 617 g/mol. The van der Waals surface area contributed by atoms with Gasteiger partial charge in [0, 0.05) is 32.5 Å². The van der Waals surface area contributed by atoms with E-state index in [1.807, 2.05) is 72.8 Å². The van der Waals surface area contributed by atoms with Crippen molar-refractivity contribution in [1.29, 1.82) is 0 Å². The van der Waals surface area contributed by atoms with Gasteiger partial charge in [-0.15, -0.1) is 11.8 Å². The van der Waals surface area contributed by atoms with Gasteiger partial charge in [-0.25, -0.2) is 0 Å². The maximum atomic E-state index is 13.5. The number of benzene rings is 5. The van der Waals surface area contributed by atoms with Gasteiger partial charge >= 0.3 is 0 Å². The molecule has 0 saturated heterocycles. The van der Waals surface area contributed by atoms with Crippen LogP contribution in [0.3, 0.4) is 0 Å². The predicted octanol–water partition coefficient (Wildman–Crippen LogP) is 8.21. The number of hydrogen-bond donors (Lipinski definition) is 2. The molecule has 0 aromatic heterocycles. The van der Waals surface area contributed by atoms with Crippen molar-refractivity contribution in [2.75, 3.05) is 16.0 Å². The molecule has 0 saturated carbocycles. The van der Waals surface area contributed by atoms with Crippen LogP contribution in [0.15, 0.2) is 150 Å². The van der Waals surface area contributed by atoms with Crippen molar-refractivity contribution in [2.45, 2.75) is 4.90 Å². The fourth-order valence-corrected chi connectivity index (χ4v) is 5.26. The highest BCUT2D eigenvalue weighted by molar-refractivity contribution is 8.00. The Labute approximate surface area is 265 Å². The van der Waals surface area contributed by atoms with E-state index in [0.29, 0.717) is 21.8 Å². The molecular formula is C36H28ClN3O3S. The summed E-state index contributed by atoms with van der Waals surface area (Å²) in [5, 5.41) is 6.17. The Balaban J connectivity index is 1.31. The number of rotatable bonds is 10. The van der Waals surface area contributed by atoms with E-state index >= 15 is 0 Å². The van der Waals surface area contributed by atoms with E-state index in [1.54, 1.807) is 77.7 Å². The lowest BCUT2D eigenvalue weighted by molar-refractivity contribution is -0.115. The lowest BCUT2D eigenvalue weighted by Gasteiger charge is -2.23. The largest absolute Gasteiger partial charge is 0.321 e. The second-order valence-electron chi connectivity index (χ2n) is 9.60. The van der Waals surface area contributed by atoms with Gasteiger partial charge in [-0.05, 0) is 78.4 Å². The summed E-state index contributed by atoms with van der Waals surface area (Å²) in [6.07, 6.45) is 1.59. The van der Waals surface area contributed by atoms with E-state index in [9.17, 15) is 14.4 Å². The maximum Gasteiger partial charge on any atom is 0.272 e. The number of amides is 3. The molecule has 0 fully saturated rings. The molecule has 44 heavy (non-hydrogen) atoms. The third kappa shape index (κ3) is 8.25. The molecule has 0 radical (unpaired) electrons. The van der Waals surface area contributed by atoms with Crippen LogP contribution in [0.4, 0.5) is 17.1 Å². The molecule has 0 heterocycles. The van der Waals surface area contributed by atoms with E-state index in [0.717, 1.165) is 16.3 Å². The maximum absolute atomic E-state index is 13.5. The minimum absolute atomic E-state index is 0.0655. The molecule has 0 aliphatic carbocycles. The molecule has 0 unspecified atom stereocenters. The molecule has 5 aromatic carbocycles. The SMILES string of the molecule is O=C(Nc1cccc(SCC(=O)N(c2ccccc2)c2ccccc2)c1)/C(=C/c1ccc(Cl)cc1)NC(=O)c1ccccc1. The van der Waals surface area contributed by atoms with Gasteiger partial charge in [-0.2, -0.15) is 0 Å². The lowest BCUT2D eigenvalue weighted by atomic mass is 10.1. The van der Waals surface area contributed by atoms with Crippen LogP contribution < -0.4 is 15.5 Å². The molecule has 0 bridgehead atoms. The van der Waals surface area contributed by atoms with Crippen LogP contribution in [-0.4, -0.2) is 23.5 Å². The lowest BCUT2D eigenvalue weighted by Crippen LogP contribution is -2.30. The molecule has 5 aromatic rings. The minimum atomic E-state index is -0.498. The summed E-state index contributed by atoms with van der Waals surface area (Å²) >= 11 is 7.39. The number of nitrogens with zero attached hydrogens (tertiary/aromatic N) is 1. The molecule has 6 nitrogen and oxygen atoms in total. The summed E-state index contributed by atoms with van der Waals surface area (Å²) in [7, 11) is 0. The van der Waals surface area contributed by atoms with Gasteiger partial charge in [0.15, 0.2) is 0 Å². The highest BCUT2D eigenvalue weighted by atomic mass is 35.5. The first-order valence-electron chi connectivity index (χ1n) is 13.8. The quantitative estimate of drug-likeness (QED) is 0.122. The second-order valence-corrected chi connectivity index (χ2v) is 11.1. The van der Waals surface area contributed by atoms with Crippen LogP contribution >= 0.6 is 23.4 Å². The van der Waals surface area contributed by atoms with E-state index in [4.69, 9.17) is 11.6 Å². The first-order valence-corrected chi connectivity index (χ1v) is 15.1. The van der Waals surface area contributed by atoms with E-state index in [-0.39, 0.29) is 17.4 Å². The first kappa shape index (κ1) is 30.4. The fourth-order valence-electron chi connectivity index (χ4n) is 4.33. The summed E-state index contributed by atoms with van der Waals surface area (Å²) in [6.45, 7) is 0. The Hall–Kier alpha value is -5.11. The summed E-state index contributed by atoms with van der Waals surface area (Å²) in [5.41, 5.74) is 3.26. The average Bonchev–Trinajstić information content (AvgIpc) is 3.06. The highest BCUT2D eigenvalue weighted by Gasteiger charge is 2.19. The van der Waals surface area contributed by atoms with Crippen molar-refractivity contribution in [3.63, 3.8) is 0 Å². The molecule has 0 aliphatic rings. The molecule has 8 heteroatoms. The van der Waals surface area contributed by atoms with Crippen LogP contribution in [0, 0.1) is 0 Å². The average molecular weight is 618 g/mol. The second kappa shape index (κ2) is 14.9. The molecule has 5 rings (SSSR count). The number of nitrogens with one attached hydrogen (secondary N) is 2. The smallest absolute Gasteiger partial charge is 0.272 e. The van der Waals surface area contributed by atoms with Gasteiger partial charge in [0.25, 0.3) is 11.8 Å². The minimum Gasteiger partial charge on any atom is -0.321 e. The van der Waals surface area contributed by atoms with Gasteiger partial charge in [-0.3, -0.25) is 19.3 Å². The van der Waals surface area contributed by atoms with Crippen molar-refractivity contribution in [3.05, 3.63) is 161 Å². The Kier molecular flexibility index (Phi) is 10.3. The predicted molar refractivity (Wildman–Crippen MR) is 179 cm³/mol. The van der Waals surface area contributed by atoms with Gasteiger partial charge in [0.2, 0.25) is 5.91 Å². The first-order chi connectivity index (χ1) is 21.5. The standard InChI is InChI=1S/C36H28ClN3O3S/c37-28-21-19-26(20-22-28)23-33(39-35(42)27-11-4-1-5-12-27)36(43)38-29-13-10-18-32(24-29)44-25-34(41)40(30-14-6-2-7-15-30)31-16-8-3-9-17-31/h1-24H,25H2,(H,38,43)(H,39,42)/b33-23-. The normalized spacial score (nSPS) is 11.0. The van der Waals surface area contributed by atoms with Crippen molar-refractivity contribution >= 4 is 64.2 Å². The molecule has 0 atom stereocenters. The topological polar surface area (TPSA) is 78.5 Å². The molecule has 0 aliphatic heterocycles. The molecule has 218 valence electrons. The van der Waals surface area contributed by atoms with Crippen molar-refractivity contribution in [1.82, 2.24) is 5.32 Å². The number of carbonyl (C=O) groups excluding carboxylic acids is 3. The fraction of sp³-hybridized carbons (Fsp3) is 0.0278. The molecule has 2 N–H and O–H groups in total. The number of carbonyl (C=O) groups is 3. The number of anilines is 3. The van der Waals surface area contributed by atoms with Crippen LogP contribution in [0.1, 0.15) is 15.9 Å². The number of hydrogen-bond acceptors (Lipinski definition) is 4. The Morgan fingerprint density at radius 1 is 0.705 bits per heavy atom. The summed E-state index contributed by atoms with van der Waals surface area (Å²) in [5.74, 6) is -0.818. The van der Waals surface area contributed by atoms with E-state index < -0.39 is 11.8 Å². The summed E-state index contributed by atoms with van der Waals surface area (Å²) in [4.78, 5) is 42.3. The molecule has 3 amide bonds. The zero-order valence-corrected chi connectivity index (χ0v) is 25.1. The zero-order valence-electron chi connectivity index (χ0n) is 23.5. The summed E-state index contributed by atoms with van der Waals surface area (Å²) in [6, 6.07) is 41.8. The van der Waals surface area contributed by atoms with Gasteiger partial charge in [0.05, 0.1) is 5.75 Å². The van der Waals surface area contributed by atoms with E-state index in [2.05, 4.69) is 10.6 Å². The number of para-hydroxylation sites is 2. The Bertz CT molecular complexity index is 1720. The van der Waals surface area contributed by atoms with Crippen molar-refractivity contribution in [3.8, 4) is 0 Å².